The highest BCUT2D eigenvalue weighted by molar-refractivity contribution is 7.92. The molecule has 2 aromatic carbocycles. The summed E-state index contributed by atoms with van der Waals surface area (Å²) in [6, 6.07) is 7.05. The molecule has 0 fully saturated rings. The molecule has 0 radical (unpaired) electrons. The van der Waals surface area contributed by atoms with Crippen molar-refractivity contribution in [3.63, 3.8) is 0 Å². The second-order valence-corrected chi connectivity index (χ2v) is 8.97. The molecule has 29 heavy (non-hydrogen) atoms. The Kier molecular flexibility index (Phi) is 4.49. The summed E-state index contributed by atoms with van der Waals surface area (Å²) in [6.45, 7) is 0. The van der Waals surface area contributed by atoms with Crippen LogP contribution in [0.2, 0.25) is 10.0 Å². The number of benzene rings is 2. The topological polar surface area (TPSA) is 106 Å². The third-order valence-corrected chi connectivity index (χ3v) is 6.71. The maximum absolute atomic E-state index is 13.0. The number of fused-ring (bicyclic) bond motifs is 2. The Morgan fingerprint density at radius 1 is 1.00 bits per heavy atom. The molecule has 0 bridgehead atoms. The Bertz CT molecular complexity index is 1530. The van der Waals surface area contributed by atoms with E-state index in [1.54, 1.807) is 0 Å². The number of rotatable bonds is 3. The Morgan fingerprint density at radius 3 is 2.45 bits per heavy atom. The number of sulfonamides is 1. The van der Waals surface area contributed by atoms with Gasteiger partial charge in [-0.15, -0.1) is 0 Å². The van der Waals surface area contributed by atoms with Crippen LogP contribution in [0.5, 0.6) is 0 Å². The van der Waals surface area contributed by atoms with Crippen molar-refractivity contribution >= 4 is 60.7 Å². The lowest BCUT2D eigenvalue weighted by Gasteiger charge is -2.12. The third kappa shape index (κ3) is 3.02. The molecule has 2 aromatic heterocycles. The van der Waals surface area contributed by atoms with Gasteiger partial charge in [0.25, 0.3) is 15.6 Å². The fraction of sp³-hybridized carbons (Fsp3) is 0.111. The van der Waals surface area contributed by atoms with Gasteiger partial charge in [0.1, 0.15) is 0 Å². The van der Waals surface area contributed by atoms with Crippen molar-refractivity contribution in [2.45, 2.75) is 4.90 Å². The van der Waals surface area contributed by atoms with Crippen LogP contribution in [0, 0.1) is 0 Å². The molecule has 4 rings (SSSR count). The second-order valence-electron chi connectivity index (χ2n) is 6.47. The molecule has 8 nitrogen and oxygen atoms in total. The highest BCUT2D eigenvalue weighted by Gasteiger charge is 2.20. The van der Waals surface area contributed by atoms with E-state index in [-0.39, 0.29) is 16.0 Å². The van der Waals surface area contributed by atoms with Crippen molar-refractivity contribution in [1.82, 2.24) is 14.1 Å². The number of nitrogens with one attached hydrogen (secondary N) is 2. The first-order valence-electron chi connectivity index (χ1n) is 8.29. The first kappa shape index (κ1) is 19.6. The van der Waals surface area contributed by atoms with Gasteiger partial charge in [-0.2, -0.15) is 0 Å². The van der Waals surface area contributed by atoms with Gasteiger partial charge in [0, 0.05) is 25.7 Å². The van der Waals surface area contributed by atoms with Crippen molar-refractivity contribution in [2.75, 3.05) is 4.72 Å². The van der Waals surface area contributed by atoms with Gasteiger partial charge in [-0.25, -0.2) is 13.2 Å². The fourth-order valence-electron chi connectivity index (χ4n) is 3.20. The van der Waals surface area contributed by atoms with Crippen LogP contribution in [0.1, 0.15) is 0 Å². The van der Waals surface area contributed by atoms with Crippen molar-refractivity contribution in [3.8, 4) is 0 Å². The highest BCUT2D eigenvalue weighted by Crippen LogP contribution is 2.35. The Balaban J connectivity index is 1.87. The van der Waals surface area contributed by atoms with Gasteiger partial charge in [0.05, 0.1) is 37.0 Å². The SMILES string of the molecule is Cn1c(=O)c2cc(S(=O)(=O)Nc3ccc(Cl)c4c(Cl)c[nH]c34)ccc2n(C)c1=O. The number of nitrogens with zero attached hydrogens (tertiary/aromatic N) is 2. The molecule has 2 N–H and O–H groups in total. The molecule has 4 aromatic rings. The molecule has 0 saturated carbocycles. The minimum absolute atomic E-state index is 0.113. The molecule has 150 valence electrons. The minimum atomic E-state index is -4.04. The van der Waals surface area contributed by atoms with Gasteiger partial charge in [0.15, 0.2) is 0 Å². The average molecular weight is 453 g/mol. The number of aromatic amines is 1. The molecule has 0 saturated heterocycles. The Morgan fingerprint density at radius 2 is 1.72 bits per heavy atom. The number of H-pyrrole nitrogens is 1. The summed E-state index contributed by atoms with van der Waals surface area (Å²) < 4.78 is 30.6. The number of aryl methyl sites for hydroxylation is 1. The molecule has 11 heteroatoms. The molecule has 2 heterocycles. The van der Waals surface area contributed by atoms with E-state index >= 15 is 0 Å². The minimum Gasteiger partial charge on any atom is -0.358 e. The summed E-state index contributed by atoms with van der Waals surface area (Å²) >= 11 is 12.2. The zero-order valence-corrected chi connectivity index (χ0v) is 17.5. The summed E-state index contributed by atoms with van der Waals surface area (Å²) in [6.07, 6.45) is 1.51. The normalized spacial score (nSPS) is 12.0. The van der Waals surface area contributed by atoms with E-state index in [2.05, 4.69) is 9.71 Å². The molecule has 0 atom stereocenters. The summed E-state index contributed by atoms with van der Waals surface area (Å²) in [5.74, 6) is 0. The van der Waals surface area contributed by atoms with Crippen molar-refractivity contribution in [3.05, 3.63) is 67.4 Å². The van der Waals surface area contributed by atoms with Crippen LogP contribution in [-0.4, -0.2) is 22.5 Å². The van der Waals surface area contributed by atoms with Gasteiger partial charge in [-0.1, -0.05) is 23.2 Å². The molecule has 0 aliphatic rings. The lowest BCUT2D eigenvalue weighted by Crippen LogP contribution is -2.37. The van der Waals surface area contributed by atoms with E-state index in [0.717, 1.165) is 4.57 Å². The summed E-state index contributed by atoms with van der Waals surface area (Å²) in [7, 11) is -1.20. The van der Waals surface area contributed by atoms with E-state index in [4.69, 9.17) is 23.2 Å². The molecule has 0 amide bonds. The van der Waals surface area contributed by atoms with Crippen LogP contribution in [-0.2, 0) is 24.1 Å². The first-order chi connectivity index (χ1) is 13.6. The number of halogens is 2. The molecular weight excluding hydrogens is 439 g/mol. The molecule has 0 aliphatic heterocycles. The predicted molar refractivity (Wildman–Crippen MR) is 114 cm³/mol. The fourth-order valence-corrected chi connectivity index (χ4v) is 4.85. The Hall–Kier alpha value is -2.75. The second kappa shape index (κ2) is 6.65. The average Bonchev–Trinajstić information content (AvgIpc) is 3.09. The number of hydrogen-bond donors (Lipinski definition) is 2. The van der Waals surface area contributed by atoms with Gasteiger partial charge in [0.2, 0.25) is 0 Å². The third-order valence-electron chi connectivity index (χ3n) is 4.73. The number of aromatic nitrogens is 3. The molecule has 0 spiro atoms. The Labute approximate surface area is 174 Å². The van der Waals surface area contributed by atoms with E-state index in [1.165, 1.54) is 55.2 Å². The lowest BCUT2D eigenvalue weighted by atomic mass is 10.2. The van der Waals surface area contributed by atoms with Crippen LogP contribution in [0.3, 0.4) is 0 Å². The van der Waals surface area contributed by atoms with Crippen LogP contribution in [0.4, 0.5) is 5.69 Å². The van der Waals surface area contributed by atoms with E-state index in [1.807, 2.05) is 0 Å². The molecule has 0 unspecified atom stereocenters. The van der Waals surface area contributed by atoms with Gasteiger partial charge in [-0.3, -0.25) is 18.7 Å². The number of hydrogen-bond acceptors (Lipinski definition) is 4. The van der Waals surface area contributed by atoms with E-state index in [0.29, 0.717) is 26.5 Å². The van der Waals surface area contributed by atoms with E-state index < -0.39 is 21.3 Å². The number of anilines is 1. The molecular formula is C18H14Cl2N4O4S. The quantitative estimate of drug-likeness (QED) is 0.498. The maximum atomic E-state index is 13.0. The van der Waals surface area contributed by atoms with Gasteiger partial charge in [-0.05, 0) is 30.3 Å². The molecule has 0 aliphatic carbocycles. The standard InChI is InChI=1S/C18H14Cl2N4O4S/c1-23-14-6-3-9(7-10(14)17(25)24(2)18(23)26)29(27,28)22-13-5-4-11(19)15-12(20)8-21-16(13)15/h3-8,21-22H,1-2H3. The predicted octanol–water partition coefficient (Wildman–Crippen LogP) is 2.83. The smallest absolute Gasteiger partial charge is 0.330 e. The zero-order valence-electron chi connectivity index (χ0n) is 15.2. The highest BCUT2D eigenvalue weighted by atomic mass is 35.5. The van der Waals surface area contributed by atoms with Crippen molar-refractivity contribution < 1.29 is 8.42 Å². The zero-order chi connectivity index (χ0) is 21.1. The van der Waals surface area contributed by atoms with Gasteiger partial charge >= 0.3 is 5.69 Å². The summed E-state index contributed by atoms with van der Waals surface area (Å²) in [5, 5.41) is 1.35. The van der Waals surface area contributed by atoms with Crippen LogP contribution >= 0.6 is 23.2 Å². The lowest BCUT2D eigenvalue weighted by molar-refractivity contribution is 0.601. The van der Waals surface area contributed by atoms with Crippen LogP contribution in [0.25, 0.3) is 21.8 Å². The largest absolute Gasteiger partial charge is 0.358 e. The van der Waals surface area contributed by atoms with Crippen LogP contribution in [0.15, 0.2) is 51.0 Å². The first-order valence-corrected chi connectivity index (χ1v) is 10.5. The summed E-state index contributed by atoms with van der Waals surface area (Å²) in [4.78, 5) is 27.3. The maximum Gasteiger partial charge on any atom is 0.330 e. The summed E-state index contributed by atoms with van der Waals surface area (Å²) in [5.41, 5.74) is -0.0504. The van der Waals surface area contributed by atoms with Crippen molar-refractivity contribution in [1.29, 1.82) is 0 Å². The monoisotopic (exact) mass is 452 g/mol. The van der Waals surface area contributed by atoms with Gasteiger partial charge < -0.3 is 4.98 Å². The van der Waals surface area contributed by atoms with Crippen molar-refractivity contribution in [2.24, 2.45) is 14.1 Å². The van der Waals surface area contributed by atoms with Crippen LogP contribution < -0.4 is 16.0 Å². The van der Waals surface area contributed by atoms with E-state index in [9.17, 15) is 18.0 Å².